The average molecular weight is 232 g/mol. The maximum absolute atomic E-state index is 12.4. The van der Waals surface area contributed by atoms with Gasteiger partial charge in [0.1, 0.15) is 0 Å². The largest absolute Gasteiger partial charge is 0.356 e. The molecule has 1 aromatic carbocycles. The molecular formula is C14H20N2O. The summed E-state index contributed by atoms with van der Waals surface area (Å²) >= 11 is 0. The zero-order valence-corrected chi connectivity index (χ0v) is 10.3. The lowest BCUT2D eigenvalue weighted by Gasteiger charge is -2.36. The summed E-state index contributed by atoms with van der Waals surface area (Å²) < 4.78 is 0. The number of benzene rings is 1. The molecule has 1 aromatic rings. The number of nitrogens with one attached hydrogen (secondary N) is 2. The van der Waals surface area contributed by atoms with Crippen molar-refractivity contribution in [3.63, 3.8) is 0 Å². The Morgan fingerprint density at radius 1 is 1.29 bits per heavy atom. The van der Waals surface area contributed by atoms with Gasteiger partial charge in [-0.2, -0.15) is 0 Å². The maximum Gasteiger partial charge on any atom is 0.230 e. The van der Waals surface area contributed by atoms with Gasteiger partial charge < -0.3 is 10.6 Å². The zero-order valence-electron chi connectivity index (χ0n) is 10.3. The van der Waals surface area contributed by atoms with Crippen LogP contribution < -0.4 is 10.6 Å². The molecule has 2 N–H and O–H groups in total. The van der Waals surface area contributed by atoms with E-state index < -0.39 is 0 Å². The van der Waals surface area contributed by atoms with Crippen LogP contribution in [-0.2, 0) is 10.2 Å². The van der Waals surface area contributed by atoms with Gasteiger partial charge in [0.25, 0.3) is 0 Å². The highest BCUT2D eigenvalue weighted by Crippen LogP contribution is 2.33. The maximum atomic E-state index is 12.4. The highest BCUT2D eigenvalue weighted by Gasteiger charge is 2.40. The minimum Gasteiger partial charge on any atom is -0.356 e. The van der Waals surface area contributed by atoms with Crippen molar-refractivity contribution in [3.05, 3.63) is 35.9 Å². The number of hydrogen-bond acceptors (Lipinski definition) is 2. The van der Waals surface area contributed by atoms with Crippen molar-refractivity contribution in [2.75, 3.05) is 19.6 Å². The highest BCUT2D eigenvalue weighted by molar-refractivity contribution is 5.88. The van der Waals surface area contributed by atoms with Gasteiger partial charge in [-0.1, -0.05) is 30.3 Å². The molecule has 0 aliphatic carbocycles. The number of amides is 1. The number of carbonyl (C=O) groups excluding carboxylic acids is 1. The normalized spacial score (nSPS) is 18.6. The molecule has 0 unspecified atom stereocenters. The van der Waals surface area contributed by atoms with Crippen LogP contribution in [0.1, 0.15) is 25.3 Å². The van der Waals surface area contributed by atoms with E-state index in [0.717, 1.165) is 31.5 Å². The van der Waals surface area contributed by atoms with Gasteiger partial charge in [0.15, 0.2) is 0 Å². The van der Waals surface area contributed by atoms with E-state index >= 15 is 0 Å². The Balaban J connectivity index is 2.33. The van der Waals surface area contributed by atoms with Crippen LogP contribution in [0.2, 0.25) is 0 Å². The molecule has 1 saturated heterocycles. The van der Waals surface area contributed by atoms with Crippen LogP contribution >= 0.6 is 0 Å². The zero-order chi connectivity index (χ0) is 12.1. The Hall–Kier alpha value is -1.35. The summed E-state index contributed by atoms with van der Waals surface area (Å²) in [6, 6.07) is 10.2. The molecule has 1 fully saturated rings. The van der Waals surface area contributed by atoms with Crippen molar-refractivity contribution < 1.29 is 4.79 Å². The van der Waals surface area contributed by atoms with Gasteiger partial charge in [0.2, 0.25) is 5.91 Å². The first-order valence-electron chi connectivity index (χ1n) is 6.34. The van der Waals surface area contributed by atoms with Crippen molar-refractivity contribution in [1.82, 2.24) is 10.6 Å². The fourth-order valence-electron chi connectivity index (χ4n) is 2.59. The molecule has 0 aromatic heterocycles. The smallest absolute Gasteiger partial charge is 0.230 e. The quantitative estimate of drug-likeness (QED) is 0.828. The van der Waals surface area contributed by atoms with E-state index in [-0.39, 0.29) is 11.3 Å². The van der Waals surface area contributed by atoms with E-state index in [4.69, 9.17) is 0 Å². The van der Waals surface area contributed by atoms with Crippen LogP contribution in [0.3, 0.4) is 0 Å². The molecular weight excluding hydrogens is 212 g/mol. The lowest BCUT2D eigenvalue weighted by atomic mass is 9.72. The van der Waals surface area contributed by atoms with E-state index in [2.05, 4.69) is 22.8 Å². The highest BCUT2D eigenvalue weighted by atomic mass is 16.2. The van der Waals surface area contributed by atoms with Gasteiger partial charge in [-0.05, 0) is 38.4 Å². The SMILES string of the molecule is CCNC(=O)C1(c2ccccc2)CCNCC1. The van der Waals surface area contributed by atoms with Gasteiger partial charge in [-0.3, -0.25) is 4.79 Å². The second-order valence-electron chi connectivity index (χ2n) is 4.56. The van der Waals surface area contributed by atoms with Gasteiger partial charge in [-0.15, -0.1) is 0 Å². The van der Waals surface area contributed by atoms with E-state index in [9.17, 15) is 4.79 Å². The molecule has 92 valence electrons. The number of piperidine rings is 1. The van der Waals surface area contributed by atoms with Crippen molar-refractivity contribution in [1.29, 1.82) is 0 Å². The van der Waals surface area contributed by atoms with Crippen LogP contribution in [0.4, 0.5) is 0 Å². The Kier molecular flexibility index (Phi) is 3.79. The van der Waals surface area contributed by atoms with Crippen LogP contribution in [-0.4, -0.2) is 25.5 Å². The lowest BCUT2D eigenvalue weighted by Crippen LogP contribution is -2.50. The topological polar surface area (TPSA) is 41.1 Å². The molecule has 17 heavy (non-hydrogen) atoms. The van der Waals surface area contributed by atoms with Crippen molar-refractivity contribution in [3.8, 4) is 0 Å². The standard InChI is InChI=1S/C14H20N2O/c1-2-16-13(17)14(8-10-15-11-9-14)12-6-4-3-5-7-12/h3-7,15H,2,8-11H2,1H3,(H,16,17). The number of rotatable bonds is 3. The minimum absolute atomic E-state index is 0.174. The number of carbonyl (C=O) groups is 1. The molecule has 0 spiro atoms. The third-order valence-corrected chi connectivity index (χ3v) is 3.56. The van der Waals surface area contributed by atoms with Gasteiger partial charge in [0.05, 0.1) is 5.41 Å². The third-order valence-electron chi connectivity index (χ3n) is 3.56. The van der Waals surface area contributed by atoms with Crippen LogP contribution in [0.25, 0.3) is 0 Å². The second kappa shape index (κ2) is 5.32. The molecule has 1 aliphatic rings. The minimum atomic E-state index is -0.331. The Morgan fingerprint density at radius 2 is 1.94 bits per heavy atom. The Bertz CT molecular complexity index is 369. The lowest BCUT2D eigenvalue weighted by molar-refractivity contribution is -0.127. The summed E-state index contributed by atoms with van der Waals surface area (Å²) in [5.41, 5.74) is 0.815. The van der Waals surface area contributed by atoms with Crippen molar-refractivity contribution >= 4 is 5.91 Å². The summed E-state index contributed by atoms with van der Waals surface area (Å²) in [6.45, 7) is 4.48. The summed E-state index contributed by atoms with van der Waals surface area (Å²) in [5.74, 6) is 0.174. The summed E-state index contributed by atoms with van der Waals surface area (Å²) in [7, 11) is 0. The van der Waals surface area contributed by atoms with E-state index in [1.807, 2.05) is 25.1 Å². The van der Waals surface area contributed by atoms with Crippen molar-refractivity contribution in [2.24, 2.45) is 0 Å². The molecule has 1 amide bonds. The van der Waals surface area contributed by atoms with Crippen molar-refractivity contribution in [2.45, 2.75) is 25.2 Å². The monoisotopic (exact) mass is 232 g/mol. The first kappa shape index (κ1) is 12.1. The Labute approximate surface area is 103 Å². The molecule has 0 atom stereocenters. The van der Waals surface area contributed by atoms with Gasteiger partial charge >= 0.3 is 0 Å². The first-order valence-corrected chi connectivity index (χ1v) is 6.34. The number of hydrogen-bond donors (Lipinski definition) is 2. The van der Waals surface area contributed by atoms with E-state index in [1.165, 1.54) is 0 Å². The summed E-state index contributed by atoms with van der Waals surface area (Å²) in [5, 5.41) is 6.31. The van der Waals surface area contributed by atoms with E-state index in [0.29, 0.717) is 6.54 Å². The van der Waals surface area contributed by atoms with Crippen LogP contribution in [0, 0.1) is 0 Å². The second-order valence-corrected chi connectivity index (χ2v) is 4.56. The third kappa shape index (κ3) is 2.34. The van der Waals surface area contributed by atoms with Crippen LogP contribution in [0.15, 0.2) is 30.3 Å². The molecule has 3 nitrogen and oxygen atoms in total. The fraction of sp³-hybridized carbons (Fsp3) is 0.500. The number of likely N-dealkylation sites (N-methyl/N-ethyl adjacent to an activating group) is 1. The molecule has 0 bridgehead atoms. The van der Waals surface area contributed by atoms with Gasteiger partial charge in [0, 0.05) is 6.54 Å². The molecule has 1 aliphatic heterocycles. The predicted octanol–water partition coefficient (Wildman–Crippen LogP) is 1.44. The fourth-order valence-corrected chi connectivity index (χ4v) is 2.59. The summed E-state index contributed by atoms with van der Waals surface area (Å²) in [6.07, 6.45) is 1.76. The molecule has 3 heteroatoms. The molecule has 0 radical (unpaired) electrons. The molecule has 0 saturated carbocycles. The first-order chi connectivity index (χ1) is 8.29. The van der Waals surface area contributed by atoms with E-state index in [1.54, 1.807) is 0 Å². The average Bonchev–Trinajstić information content (AvgIpc) is 2.41. The Morgan fingerprint density at radius 3 is 2.53 bits per heavy atom. The molecule has 1 heterocycles. The summed E-state index contributed by atoms with van der Waals surface area (Å²) in [4.78, 5) is 12.4. The molecule has 2 rings (SSSR count). The predicted molar refractivity (Wildman–Crippen MR) is 68.9 cm³/mol. The van der Waals surface area contributed by atoms with Crippen LogP contribution in [0.5, 0.6) is 0 Å². The van der Waals surface area contributed by atoms with Gasteiger partial charge in [-0.25, -0.2) is 0 Å².